The molecule has 0 aliphatic rings. The third-order valence-corrected chi connectivity index (χ3v) is 1.22. The van der Waals surface area contributed by atoms with Crippen LogP contribution >= 0.6 is 0 Å². The molecule has 0 aliphatic heterocycles. The van der Waals surface area contributed by atoms with Gasteiger partial charge >= 0.3 is 37.7 Å². The van der Waals surface area contributed by atoms with E-state index in [4.69, 9.17) is 0 Å². The van der Waals surface area contributed by atoms with Crippen LogP contribution in [0.1, 0.15) is 41.5 Å². The first-order chi connectivity index (χ1) is 9.38. The zero-order valence-electron chi connectivity index (χ0n) is 13.5. The van der Waals surface area contributed by atoms with E-state index < -0.39 is 0 Å². The molecule has 0 fully saturated rings. The van der Waals surface area contributed by atoms with Crippen LogP contribution in [0.2, 0.25) is 0 Å². The molecule has 128 valence electrons. The molecular formula is C15H21HoO6. The molecule has 0 aromatic heterocycles. The van der Waals surface area contributed by atoms with Crippen LogP contribution in [0.15, 0.2) is 35.5 Å². The summed E-state index contributed by atoms with van der Waals surface area (Å²) in [5.41, 5.74) is 0. The molecule has 0 rings (SSSR count). The summed E-state index contributed by atoms with van der Waals surface area (Å²) in [5, 5.41) is 29.9. The first-order valence-corrected chi connectivity index (χ1v) is 5.96. The zero-order chi connectivity index (χ0) is 17.6. The van der Waals surface area contributed by atoms with Crippen LogP contribution in [0.25, 0.3) is 0 Å². The molecule has 7 heteroatoms. The van der Waals surface area contributed by atoms with Gasteiger partial charge < -0.3 is 15.3 Å². The van der Waals surface area contributed by atoms with Crippen molar-refractivity contribution in [2.75, 3.05) is 0 Å². The van der Waals surface area contributed by atoms with Crippen molar-refractivity contribution in [1.82, 2.24) is 0 Å². The van der Waals surface area contributed by atoms with Crippen LogP contribution in [0, 0.1) is 37.7 Å². The van der Waals surface area contributed by atoms with E-state index in [1.807, 2.05) is 0 Å². The summed E-state index contributed by atoms with van der Waals surface area (Å²) in [6, 6.07) is 0. The quantitative estimate of drug-likeness (QED) is 0.318. The van der Waals surface area contributed by atoms with E-state index in [2.05, 4.69) is 0 Å². The second-order valence-corrected chi connectivity index (χ2v) is 4.10. The van der Waals surface area contributed by atoms with Crippen LogP contribution < -0.4 is 15.3 Å². The van der Waals surface area contributed by atoms with Gasteiger partial charge in [0.15, 0.2) is 17.3 Å². The molecule has 0 spiro atoms. The number of ketones is 3. The summed E-state index contributed by atoms with van der Waals surface area (Å²) in [4.78, 5) is 29.9. The predicted molar refractivity (Wildman–Crippen MR) is 73.3 cm³/mol. The molecule has 0 saturated carbocycles. The molecule has 0 bridgehead atoms. The van der Waals surface area contributed by atoms with Crippen molar-refractivity contribution in [3.63, 3.8) is 0 Å². The van der Waals surface area contributed by atoms with E-state index in [0.717, 1.165) is 18.2 Å². The molecule has 22 heavy (non-hydrogen) atoms. The minimum absolute atomic E-state index is 0. The Morgan fingerprint density at radius 1 is 0.545 bits per heavy atom. The molecule has 0 N–H and O–H groups in total. The Kier molecular flexibility index (Phi) is 23.6. The van der Waals surface area contributed by atoms with Gasteiger partial charge in [-0.05, 0) is 39.0 Å². The van der Waals surface area contributed by atoms with Crippen molar-refractivity contribution in [2.24, 2.45) is 0 Å². The molecule has 0 heterocycles. The van der Waals surface area contributed by atoms with Gasteiger partial charge in [0.25, 0.3) is 0 Å². The Morgan fingerprint density at radius 2 is 0.682 bits per heavy atom. The molecule has 0 unspecified atom stereocenters. The third-order valence-electron chi connectivity index (χ3n) is 1.22. The average molecular weight is 462 g/mol. The van der Waals surface area contributed by atoms with Crippen molar-refractivity contribution >= 4 is 17.3 Å². The van der Waals surface area contributed by atoms with Crippen LogP contribution in [0.4, 0.5) is 0 Å². The number of rotatable bonds is 3. The summed E-state index contributed by atoms with van der Waals surface area (Å²) < 4.78 is 0. The van der Waals surface area contributed by atoms with Gasteiger partial charge in [-0.3, -0.25) is 14.4 Å². The third kappa shape index (κ3) is 51.0. The normalized spacial score (nSPS) is 10.9. The van der Waals surface area contributed by atoms with Gasteiger partial charge in [-0.25, -0.2) is 0 Å². The smallest absolute Gasteiger partial charge is 0.876 e. The van der Waals surface area contributed by atoms with Gasteiger partial charge in [0, 0.05) is 0 Å². The minimum Gasteiger partial charge on any atom is -0.876 e. The van der Waals surface area contributed by atoms with Crippen LogP contribution in [0.3, 0.4) is 0 Å². The van der Waals surface area contributed by atoms with E-state index in [1.54, 1.807) is 0 Å². The van der Waals surface area contributed by atoms with E-state index >= 15 is 0 Å². The SMILES string of the molecule is CC(=O)/C=C(/C)[O-].CC(=O)/C=C(/C)[O-].CC(=O)/C=C(/C)[O-].[Ho+3]. The van der Waals surface area contributed by atoms with E-state index in [0.29, 0.717) is 0 Å². The fraction of sp³-hybridized carbons (Fsp3) is 0.400. The predicted octanol–water partition coefficient (Wildman–Crippen LogP) is -0.481. The fourth-order valence-corrected chi connectivity index (χ4v) is 0.859. The first-order valence-electron chi connectivity index (χ1n) is 5.96. The summed E-state index contributed by atoms with van der Waals surface area (Å²) >= 11 is 0. The summed E-state index contributed by atoms with van der Waals surface area (Å²) in [6.07, 6.45) is 3.17. The molecule has 6 nitrogen and oxygen atoms in total. The van der Waals surface area contributed by atoms with Crippen LogP contribution in [-0.4, -0.2) is 17.3 Å². The Morgan fingerprint density at radius 3 is 0.682 bits per heavy atom. The minimum atomic E-state index is -0.187. The maximum Gasteiger partial charge on any atom is 3.00 e. The van der Waals surface area contributed by atoms with Crippen molar-refractivity contribution in [2.45, 2.75) is 41.5 Å². The van der Waals surface area contributed by atoms with E-state index in [9.17, 15) is 29.7 Å². The van der Waals surface area contributed by atoms with Gasteiger partial charge in [0.05, 0.1) is 0 Å². The van der Waals surface area contributed by atoms with Gasteiger partial charge in [-0.15, -0.1) is 17.3 Å². The Bertz CT molecular complexity index is 368. The molecule has 0 aliphatic carbocycles. The second kappa shape index (κ2) is 17.9. The maximum atomic E-state index is 9.98. The summed E-state index contributed by atoms with van der Waals surface area (Å²) in [5.74, 6) is -1.12. The average Bonchev–Trinajstić information content (AvgIpc) is 2.10. The number of carbonyl (C=O) groups excluding carboxylic acids is 3. The molecular weight excluding hydrogens is 441 g/mol. The molecule has 0 saturated heterocycles. The molecule has 0 aromatic rings. The summed E-state index contributed by atoms with van der Waals surface area (Å²) in [7, 11) is 0. The standard InChI is InChI=1S/3C5H8O2.Ho/c3*1-4(6)3-5(2)7;/h3*3,6H,1-2H3;/q;;;+3/p-3/b3*4-3-;. The number of allylic oxidation sites excluding steroid dienone is 6. The largest absolute Gasteiger partial charge is 3.00 e. The second-order valence-electron chi connectivity index (χ2n) is 4.10. The van der Waals surface area contributed by atoms with Crippen molar-refractivity contribution < 1.29 is 67.4 Å². The topological polar surface area (TPSA) is 120 Å². The van der Waals surface area contributed by atoms with Crippen molar-refractivity contribution in [3.05, 3.63) is 35.5 Å². The maximum absolute atomic E-state index is 9.98. The molecule has 0 aromatic carbocycles. The molecule has 0 radical (unpaired) electrons. The van der Waals surface area contributed by atoms with Gasteiger partial charge in [0.1, 0.15) is 0 Å². The number of carbonyl (C=O) groups is 3. The fourth-order valence-electron chi connectivity index (χ4n) is 0.859. The number of hydrogen-bond acceptors (Lipinski definition) is 6. The number of hydrogen-bond donors (Lipinski definition) is 0. The van der Waals surface area contributed by atoms with Gasteiger partial charge in [-0.2, -0.15) is 0 Å². The van der Waals surface area contributed by atoms with Gasteiger partial charge in [-0.1, -0.05) is 20.8 Å². The zero-order valence-corrected chi connectivity index (χ0v) is 15.4. The molecule has 0 atom stereocenters. The Hall–Kier alpha value is -1.11. The Labute approximate surface area is 161 Å². The summed E-state index contributed by atoms with van der Waals surface area (Å²) in [6.45, 7) is 8.09. The monoisotopic (exact) mass is 462 g/mol. The van der Waals surface area contributed by atoms with E-state index in [1.165, 1.54) is 41.5 Å². The Balaban J connectivity index is -0.000000108. The van der Waals surface area contributed by atoms with Crippen LogP contribution in [-0.2, 0) is 14.4 Å². The first kappa shape index (κ1) is 29.0. The van der Waals surface area contributed by atoms with Gasteiger partial charge in [0.2, 0.25) is 0 Å². The van der Waals surface area contributed by atoms with Crippen molar-refractivity contribution in [1.29, 1.82) is 0 Å². The van der Waals surface area contributed by atoms with Crippen molar-refractivity contribution in [3.8, 4) is 0 Å². The van der Waals surface area contributed by atoms with E-state index in [-0.39, 0.29) is 72.4 Å². The molecule has 0 amide bonds. The van der Waals surface area contributed by atoms with Crippen LogP contribution in [0.5, 0.6) is 0 Å².